The molecule has 1 saturated heterocycles. The maximum absolute atomic E-state index is 13.1. The zero-order valence-electron chi connectivity index (χ0n) is 19.4. The number of alkyl halides is 2. The van der Waals surface area contributed by atoms with Crippen LogP contribution in [0.15, 0.2) is 30.3 Å². The van der Waals surface area contributed by atoms with Crippen molar-refractivity contribution in [2.45, 2.75) is 19.6 Å². The number of thiophene rings is 1. The Balaban J connectivity index is 1.78. The lowest BCUT2D eigenvalue weighted by molar-refractivity contribution is -0.125. The molecule has 1 atom stereocenters. The van der Waals surface area contributed by atoms with Crippen LogP contribution in [0, 0.1) is 0 Å². The minimum Gasteiger partial charge on any atom is -0.450 e. The van der Waals surface area contributed by atoms with E-state index in [1.54, 1.807) is 6.92 Å². The first-order chi connectivity index (χ1) is 17.7. The fourth-order valence-corrected chi connectivity index (χ4v) is 4.19. The SMILES string of the molecule is CCOC(=O)N[C@@H](CNC(=O)c1ccc(Cl)s1)C(=O)Nc1ccc(N2CCOCC2=O)cc1OC(F)F. The van der Waals surface area contributed by atoms with E-state index in [4.69, 9.17) is 21.1 Å². The molecular weight excluding hydrogens is 538 g/mol. The zero-order chi connectivity index (χ0) is 26.9. The van der Waals surface area contributed by atoms with Gasteiger partial charge in [0.25, 0.3) is 11.8 Å². The Bertz CT molecular complexity index is 1150. The third-order valence-corrected chi connectivity index (χ3v) is 6.11. The van der Waals surface area contributed by atoms with E-state index in [0.29, 0.717) is 4.34 Å². The summed E-state index contributed by atoms with van der Waals surface area (Å²) in [6.07, 6.45) is -0.929. The van der Waals surface area contributed by atoms with Crippen molar-refractivity contribution in [1.29, 1.82) is 0 Å². The van der Waals surface area contributed by atoms with E-state index < -0.39 is 36.3 Å². The molecule has 200 valence electrons. The predicted molar refractivity (Wildman–Crippen MR) is 130 cm³/mol. The van der Waals surface area contributed by atoms with E-state index in [-0.39, 0.29) is 55.1 Å². The van der Waals surface area contributed by atoms with Gasteiger partial charge >= 0.3 is 12.7 Å². The third kappa shape index (κ3) is 8.00. The summed E-state index contributed by atoms with van der Waals surface area (Å²) in [7, 11) is 0. The van der Waals surface area contributed by atoms with Crippen molar-refractivity contribution in [3.05, 3.63) is 39.5 Å². The van der Waals surface area contributed by atoms with Crippen LogP contribution in [-0.2, 0) is 19.1 Å². The Morgan fingerprint density at radius 2 is 2.03 bits per heavy atom. The molecule has 0 unspecified atom stereocenters. The van der Waals surface area contributed by atoms with E-state index in [2.05, 4.69) is 20.7 Å². The third-order valence-electron chi connectivity index (χ3n) is 4.88. The average molecular weight is 561 g/mol. The van der Waals surface area contributed by atoms with Crippen molar-refractivity contribution >= 4 is 58.1 Å². The first-order valence-electron chi connectivity index (χ1n) is 10.9. The van der Waals surface area contributed by atoms with Crippen LogP contribution in [-0.4, -0.2) is 69.4 Å². The number of nitrogens with one attached hydrogen (secondary N) is 3. The molecule has 2 heterocycles. The Labute approximate surface area is 219 Å². The molecule has 3 N–H and O–H groups in total. The maximum atomic E-state index is 13.1. The fourth-order valence-electron chi connectivity index (χ4n) is 3.23. The van der Waals surface area contributed by atoms with Gasteiger partial charge in [-0.1, -0.05) is 11.6 Å². The predicted octanol–water partition coefficient (Wildman–Crippen LogP) is 2.85. The highest BCUT2D eigenvalue weighted by Gasteiger charge is 2.26. The van der Waals surface area contributed by atoms with Gasteiger partial charge in [0.15, 0.2) is 5.75 Å². The fraction of sp³-hybridized carbons (Fsp3) is 0.364. The normalized spacial score (nSPS) is 14.2. The van der Waals surface area contributed by atoms with Crippen molar-refractivity contribution in [1.82, 2.24) is 10.6 Å². The van der Waals surface area contributed by atoms with Gasteiger partial charge < -0.3 is 35.1 Å². The highest BCUT2D eigenvalue weighted by Crippen LogP contribution is 2.32. The van der Waals surface area contributed by atoms with E-state index in [1.165, 1.54) is 35.2 Å². The largest absolute Gasteiger partial charge is 0.450 e. The summed E-state index contributed by atoms with van der Waals surface area (Å²) in [6.45, 7) is -1.69. The van der Waals surface area contributed by atoms with Crippen molar-refractivity contribution < 1.29 is 42.2 Å². The highest BCUT2D eigenvalue weighted by molar-refractivity contribution is 7.18. The van der Waals surface area contributed by atoms with Gasteiger partial charge in [-0.2, -0.15) is 8.78 Å². The van der Waals surface area contributed by atoms with E-state index in [1.807, 2.05) is 0 Å². The standard InChI is InChI=1S/C22H23ClF2N4O7S/c1-2-35-22(33)28-14(10-26-20(32)16-5-6-17(23)37-16)19(31)27-13-4-3-12(9-15(13)36-21(24)25)29-7-8-34-11-18(29)30/h3-6,9,14,21H,2,7-8,10-11H2,1H3,(H,26,32)(H,27,31)(H,28,33)/t14-/m0/s1. The molecule has 4 amide bonds. The monoisotopic (exact) mass is 560 g/mol. The number of carbonyl (C=O) groups excluding carboxylic acids is 4. The van der Waals surface area contributed by atoms with Gasteiger partial charge in [-0.3, -0.25) is 14.4 Å². The van der Waals surface area contributed by atoms with Crippen LogP contribution in [0.2, 0.25) is 4.34 Å². The summed E-state index contributed by atoms with van der Waals surface area (Å²) >= 11 is 6.86. The molecule has 37 heavy (non-hydrogen) atoms. The molecule has 0 bridgehead atoms. The van der Waals surface area contributed by atoms with Crippen LogP contribution in [0.5, 0.6) is 5.75 Å². The minimum absolute atomic E-state index is 0.0221. The summed E-state index contributed by atoms with van der Waals surface area (Å²) < 4.78 is 41.0. The lowest BCUT2D eigenvalue weighted by atomic mass is 10.2. The first-order valence-corrected chi connectivity index (χ1v) is 12.1. The number of hydrogen-bond donors (Lipinski definition) is 3. The molecule has 0 saturated carbocycles. The minimum atomic E-state index is -3.23. The molecule has 0 spiro atoms. The topological polar surface area (TPSA) is 135 Å². The number of benzene rings is 1. The Morgan fingerprint density at radius 1 is 1.24 bits per heavy atom. The van der Waals surface area contributed by atoms with Crippen LogP contribution in [0.4, 0.5) is 25.0 Å². The van der Waals surface area contributed by atoms with Gasteiger partial charge in [0.2, 0.25) is 5.91 Å². The second kappa shape index (κ2) is 13.2. The number of alkyl carbamates (subject to hydrolysis) is 1. The van der Waals surface area contributed by atoms with Crippen molar-refractivity contribution in [3.8, 4) is 5.75 Å². The average Bonchev–Trinajstić information content (AvgIpc) is 3.29. The summed E-state index contributed by atoms with van der Waals surface area (Å²) in [5, 5.41) is 7.22. The maximum Gasteiger partial charge on any atom is 0.407 e. The van der Waals surface area contributed by atoms with Gasteiger partial charge in [0.1, 0.15) is 12.6 Å². The van der Waals surface area contributed by atoms with Gasteiger partial charge in [-0.15, -0.1) is 11.3 Å². The van der Waals surface area contributed by atoms with E-state index >= 15 is 0 Å². The number of rotatable bonds is 10. The molecular formula is C22H23ClF2N4O7S. The number of anilines is 2. The molecule has 1 aliphatic heterocycles. The second-order valence-electron chi connectivity index (χ2n) is 7.38. The van der Waals surface area contributed by atoms with Crippen LogP contribution in [0.1, 0.15) is 16.6 Å². The Kier molecular flexibility index (Phi) is 10.00. The molecule has 1 aliphatic rings. The van der Waals surface area contributed by atoms with Crippen LogP contribution in [0.25, 0.3) is 0 Å². The summed E-state index contributed by atoms with van der Waals surface area (Å²) in [4.78, 5) is 51.1. The van der Waals surface area contributed by atoms with Gasteiger partial charge in [-0.25, -0.2) is 4.79 Å². The van der Waals surface area contributed by atoms with Crippen LogP contribution >= 0.6 is 22.9 Å². The number of nitrogens with zero attached hydrogens (tertiary/aromatic N) is 1. The number of morpholine rings is 1. The number of ether oxygens (including phenoxy) is 3. The molecule has 1 aromatic carbocycles. The Morgan fingerprint density at radius 3 is 2.68 bits per heavy atom. The second-order valence-corrected chi connectivity index (χ2v) is 9.09. The number of hydrogen-bond acceptors (Lipinski definition) is 8. The smallest absolute Gasteiger partial charge is 0.407 e. The number of amides is 4. The quantitative estimate of drug-likeness (QED) is 0.406. The Hall–Kier alpha value is -3.49. The molecule has 11 nitrogen and oxygen atoms in total. The first kappa shape index (κ1) is 28.1. The van der Waals surface area contributed by atoms with Crippen molar-refractivity contribution in [3.63, 3.8) is 0 Å². The number of halogens is 3. The van der Waals surface area contributed by atoms with E-state index in [9.17, 15) is 28.0 Å². The molecule has 1 aromatic heterocycles. The van der Waals surface area contributed by atoms with Crippen LogP contribution < -0.4 is 25.6 Å². The van der Waals surface area contributed by atoms with Crippen molar-refractivity contribution in [2.75, 3.05) is 43.1 Å². The summed E-state index contributed by atoms with van der Waals surface area (Å²) in [6, 6.07) is 5.57. The molecule has 2 aromatic rings. The lowest BCUT2D eigenvalue weighted by Crippen LogP contribution is -2.50. The summed E-state index contributed by atoms with van der Waals surface area (Å²) in [5.74, 6) is -2.17. The number of carbonyl (C=O) groups is 4. The lowest BCUT2D eigenvalue weighted by Gasteiger charge is -2.27. The highest BCUT2D eigenvalue weighted by atomic mass is 35.5. The van der Waals surface area contributed by atoms with E-state index in [0.717, 1.165) is 11.3 Å². The van der Waals surface area contributed by atoms with Crippen LogP contribution in [0.3, 0.4) is 0 Å². The van der Waals surface area contributed by atoms with Gasteiger partial charge in [-0.05, 0) is 31.2 Å². The molecule has 0 radical (unpaired) electrons. The van der Waals surface area contributed by atoms with Gasteiger partial charge in [0, 0.05) is 24.8 Å². The molecule has 15 heteroatoms. The van der Waals surface area contributed by atoms with Crippen molar-refractivity contribution in [2.24, 2.45) is 0 Å². The van der Waals surface area contributed by atoms with Gasteiger partial charge in [0.05, 0.1) is 28.1 Å². The molecule has 0 aliphatic carbocycles. The summed E-state index contributed by atoms with van der Waals surface area (Å²) in [5.41, 5.74) is 0.117. The molecule has 1 fully saturated rings. The molecule has 3 rings (SSSR count). The zero-order valence-corrected chi connectivity index (χ0v) is 21.0.